The molecule has 2 aromatic rings. The van der Waals surface area contributed by atoms with Gasteiger partial charge in [-0.05, 0) is 30.0 Å². The summed E-state index contributed by atoms with van der Waals surface area (Å²) in [6.07, 6.45) is 1.13. The van der Waals surface area contributed by atoms with Crippen LogP contribution in [0.15, 0.2) is 18.2 Å². The fraction of sp³-hybridized carbons (Fsp3) is 0.429. The van der Waals surface area contributed by atoms with Crippen LogP contribution in [0.5, 0.6) is 0 Å². The third-order valence-corrected chi connectivity index (χ3v) is 3.92. The second-order valence-electron chi connectivity index (χ2n) is 4.49. The topological polar surface area (TPSA) is 25.8 Å². The van der Waals surface area contributed by atoms with Crippen molar-refractivity contribution in [2.45, 2.75) is 37.7 Å². The van der Waals surface area contributed by atoms with Gasteiger partial charge in [0.05, 0.1) is 22.4 Å². The zero-order valence-electron chi connectivity index (χ0n) is 10.7. The molecule has 1 atom stereocenters. The number of fused-ring (bicyclic) bond motifs is 1. The first-order valence-electron chi connectivity index (χ1n) is 6.20. The molecule has 2 rings (SSSR count). The van der Waals surface area contributed by atoms with Crippen LogP contribution in [0.2, 0.25) is 0 Å². The van der Waals surface area contributed by atoms with Crippen LogP contribution in [0.25, 0.3) is 11.0 Å². The van der Waals surface area contributed by atoms with Crippen LogP contribution in [0, 0.1) is 0 Å². The summed E-state index contributed by atoms with van der Waals surface area (Å²) in [6.45, 7) is 4.43. The van der Waals surface area contributed by atoms with Crippen LogP contribution in [0.3, 0.4) is 0 Å². The first-order chi connectivity index (χ1) is 8.69. The SMILES string of the molecule is CCC(C)c1ccc2nc(CS)c(CS)nc2c1. The lowest BCUT2D eigenvalue weighted by atomic mass is 9.98. The van der Waals surface area contributed by atoms with E-state index in [0.29, 0.717) is 17.4 Å². The molecular formula is C14H18N2S2. The Morgan fingerprint density at radius 2 is 1.67 bits per heavy atom. The Kier molecular flexibility index (Phi) is 4.51. The minimum Gasteiger partial charge on any atom is -0.248 e. The van der Waals surface area contributed by atoms with Gasteiger partial charge in [-0.1, -0.05) is 19.9 Å². The third-order valence-electron chi connectivity index (χ3n) is 3.32. The molecule has 96 valence electrons. The van der Waals surface area contributed by atoms with Crippen LogP contribution < -0.4 is 0 Å². The highest BCUT2D eigenvalue weighted by molar-refractivity contribution is 7.79. The standard InChI is InChI=1S/C14H18N2S2/c1-3-9(2)10-4-5-11-12(6-10)16-14(8-18)13(7-17)15-11/h4-6,9,17-18H,3,7-8H2,1-2H3. The summed E-state index contributed by atoms with van der Waals surface area (Å²) >= 11 is 8.60. The summed E-state index contributed by atoms with van der Waals surface area (Å²) < 4.78 is 0. The molecule has 0 saturated carbocycles. The molecule has 0 N–H and O–H groups in total. The minimum absolute atomic E-state index is 0.556. The highest BCUT2D eigenvalue weighted by Crippen LogP contribution is 2.23. The lowest BCUT2D eigenvalue weighted by Crippen LogP contribution is -2.00. The van der Waals surface area contributed by atoms with Crippen molar-refractivity contribution in [3.05, 3.63) is 35.2 Å². The van der Waals surface area contributed by atoms with Crippen LogP contribution in [0.4, 0.5) is 0 Å². The Bertz CT molecular complexity index is 555. The largest absolute Gasteiger partial charge is 0.248 e. The van der Waals surface area contributed by atoms with Gasteiger partial charge in [-0.2, -0.15) is 25.3 Å². The highest BCUT2D eigenvalue weighted by atomic mass is 32.1. The van der Waals surface area contributed by atoms with Crippen LogP contribution in [0.1, 0.15) is 43.1 Å². The predicted molar refractivity (Wildman–Crippen MR) is 83.6 cm³/mol. The summed E-state index contributed by atoms with van der Waals surface area (Å²) in [4.78, 5) is 9.26. The summed E-state index contributed by atoms with van der Waals surface area (Å²) in [5, 5.41) is 0. The van der Waals surface area contributed by atoms with Crippen molar-refractivity contribution >= 4 is 36.3 Å². The van der Waals surface area contributed by atoms with Gasteiger partial charge in [0.2, 0.25) is 0 Å². The van der Waals surface area contributed by atoms with Gasteiger partial charge in [-0.3, -0.25) is 0 Å². The molecule has 1 aromatic carbocycles. The van der Waals surface area contributed by atoms with Crippen molar-refractivity contribution in [3.8, 4) is 0 Å². The maximum Gasteiger partial charge on any atom is 0.0893 e. The Morgan fingerprint density at radius 1 is 1.06 bits per heavy atom. The fourth-order valence-corrected chi connectivity index (χ4v) is 2.45. The van der Waals surface area contributed by atoms with E-state index in [0.717, 1.165) is 28.8 Å². The van der Waals surface area contributed by atoms with Gasteiger partial charge in [0.1, 0.15) is 0 Å². The molecule has 0 aliphatic heterocycles. The van der Waals surface area contributed by atoms with Crippen molar-refractivity contribution in [3.63, 3.8) is 0 Å². The van der Waals surface area contributed by atoms with E-state index in [9.17, 15) is 0 Å². The molecule has 0 saturated heterocycles. The Hall–Kier alpha value is -0.740. The van der Waals surface area contributed by atoms with E-state index in [1.54, 1.807) is 0 Å². The van der Waals surface area contributed by atoms with Gasteiger partial charge >= 0.3 is 0 Å². The fourth-order valence-electron chi connectivity index (χ4n) is 1.94. The summed E-state index contributed by atoms with van der Waals surface area (Å²) in [5.41, 5.74) is 5.08. The molecule has 0 aliphatic rings. The first kappa shape index (κ1) is 13.7. The molecule has 18 heavy (non-hydrogen) atoms. The van der Waals surface area contributed by atoms with Gasteiger partial charge in [0.15, 0.2) is 0 Å². The number of hydrogen-bond donors (Lipinski definition) is 2. The van der Waals surface area contributed by atoms with E-state index >= 15 is 0 Å². The van der Waals surface area contributed by atoms with E-state index in [2.05, 4.69) is 67.3 Å². The molecule has 0 amide bonds. The average Bonchev–Trinajstić information content (AvgIpc) is 2.44. The van der Waals surface area contributed by atoms with Crippen molar-refractivity contribution < 1.29 is 0 Å². The third kappa shape index (κ3) is 2.64. The highest BCUT2D eigenvalue weighted by Gasteiger charge is 2.09. The summed E-state index contributed by atoms with van der Waals surface area (Å²) in [7, 11) is 0. The van der Waals surface area contributed by atoms with Crippen LogP contribution in [-0.2, 0) is 11.5 Å². The van der Waals surface area contributed by atoms with E-state index in [-0.39, 0.29) is 0 Å². The van der Waals surface area contributed by atoms with Crippen molar-refractivity contribution in [2.24, 2.45) is 0 Å². The van der Waals surface area contributed by atoms with E-state index < -0.39 is 0 Å². The minimum atomic E-state index is 0.556. The van der Waals surface area contributed by atoms with Crippen LogP contribution in [-0.4, -0.2) is 9.97 Å². The van der Waals surface area contributed by atoms with Gasteiger partial charge in [0, 0.05) is 11.5 Å². The molecule has 0 aliphatic carbocycles. The molecule has 1 aromatic heterocycles. The lowest BCUT2D eigenvalue weighted by molar-refractivity contribution is 0.734. The Balaban J connectivity index is 2.56. The molecule has 0 radical (unpaired) electrons. The predicted octanol–water partition coefficient (Wildman–Crippen LogP) is 4.00. The van der Waals surface area contributed by atoms with Gasteiger partial charge in [0.25, 0.3) is 0 Å². The van der Waals surface area contributed by atoms with Crippen molar-refractivity contribution in [1.29, 1.82) is 0 Å². The molecule has 1 unspecified atom stereocenters. The van der Waals surface area contributed by atoms with E-state index in [1.165, 1.54) is 5.56 Å². The quantitative estimate of drug-likeness (QED) is 0.827. The molecule has 0 fully saturated rings. The normalized spacial score (nSPS) is 12.9. The number of aromatic nitrogens is 2. The maximum atomic E-state index is 4.65. The van der Waals surface area contributed by atoms with Crippen molar-refractivity contribution in [2.75, 3.05) is 0 Å². The number of benzene rings is 1. The maximum absolute atomic E-state index is 4.65. The number of thiol groups is 2. The molecular weight excluding hydrogens is 260 g/mol. The molecule has 0 spiro atoms. The van der Waals surface area contributed by atoms with Gasteiger partial charge < -0.3 is 0 Å². The molecule has 0 bridgehead atoms. The second kappa shape index (κ2) is 5.93. The zero-order valence-corrected chi connectivity index (χ0v) is 12.5. The number of nitrogens with zero attached hydrogens (tertiary/aromatic N) is 2. The first-order valence-corrected chi connectivity index (χ1v) is 7.47. The molecule has 2 nitrogen and oxygen atoms in total. The van der Waals surface area contributed by atoms with Crippen molar-refractivity contribution in [1.82, 2.24) is 9.97 Å². The second-order valence-corrected chi connectivity index (χ2v) is 5.12. The number of hydrogen-bond acceptors (Lipinski definition) is 4. The van der Waals surface area contributed by atoms with Gasteiger partial charge in [-0.25, -0.2) is 9.97 Å². The van der Waals surface area contributed by atoms with E-state index in [1.807, 2.05) is 0 Å². The molecule has 1 heterocycles. The Morgan fingerprint density at radius 3 is 2.22 bits per heavy atom. The zero-order chi connectivity index (χ0) is 13.1. The smallest absolute Gasteiger partial charge is 0.0893 e. The summed E-state index contributed by atoms with van der Waals surface area (Å²) in [5.74, 6) is 1.76. The average molecular weight is 278 g/mol. The molecule has 4 heteroatoms. The summed E-state index contributed by atoms with van der Waals surface area (Å²) in [6, 6.07) is 6.35. The number of rotatable bonds is 4. The monoisotopic (exact) mass is 278 g/mol. The van der Waals surface area contributed by atoms with E-state index in [4.69, 9.17) is 0 Å². The Labute approximate surface area is 119 Å². The van der Waals surface area contributed by atoms with Gasteiger partial charge in [-0.15, -0.1) is 0 Å². The van der Waals surface area contributed by atoms with Crippen LogP contribution >= 0.6 is 25.3 Å². The lowest BCUT2D eigenvalue weighted by Gasteiger charge is -2.11.